The topological polar surface area (TPSA) is 0 Å². The van der Waals surface area contributed by atoms with Gasteiger partial charge in [0.2, 0.25) is 0 Å². The molecule has 0 atom stereocenters. The van der Waals surface area contributed by atoms with Gasteiger partial charge in [0.15, 0.2) is 0 Å². The molecule has 0 nitrogen and oxygen atoms in total. The van der Waals surface area contributed by atoms with E-state index in [0.29, 0.717) is 0 Å². The van der Waals surface area contributed by atoms with E-state index in [0.717, 1.165) is 16.1 Å². The summed E-state index contributed by atoms with van der Waals surface area (Å²) in [6, 6.07) is 6.39. The number of aryl methyl sites for hydroxylation is 1. The molecule has 1 aromatic rings. The SMILES string of the molecule is C=C(C)C(=C)Sc1ccc(C(=C)C)c(C)c1. The van der Waals surface area contributed by atoms with Crippen LogP contribution in [0, 0.1) is 6.92 Å². The van der Waals surface area contributed by atoms with Crippen LogP contribution in [0.5, 0.6) is 0 Å². The summed E-state index contributed by atoms with van der Waals surface area (Å²) in [7, 11) is 0. The second-order valence-electron chi connectivity index (χ2n) is 4.06. The molecule has 84 valence electrons. The molecule has 0 aliphatic rings. The highest BCUT2D eigenvalue weighted by Crippen LogP contribution is 2.31. The Hall–Kier alpha value is -1.21. The maximum absolute atomic E-state index is 3.98. The third-order valence-electron chi connectivity index (χ3n) is 2.37. The number of thioether (sulfide) groups is 1. The molecule has 0 saturated heterocycles. The van der Waals surface area contributed by atoms with E-state index in [9.17, 15) is 0 Å². The Morgan fingerprint density at radius 2 is 1.75 bits per heavy atom. The third kappa shape index (κ3) is 3.14. The second kappa shape index (κ2) is 5.22. The summed E-state index contributed by atoms with van der Waals surface area (Å²) in [6.07, 6.45) is 0. The monoisotopic (exact) mass is 230 g/mol. The summed E-state index contributed by atoms with van der Waals surface area (Å²) < 4.78 is 0. The summed E-state index contributed by atoms with van der Waals surface area (Å²) in [6.45, 7) is 17.9. The van der Waals surface area contributed by atoms with Crippen molar-refractivity contribution >= 4 is 17.3 Å². The largest absolute Gasteiger partial charge is 0.0955 e. The van der Waals surface area contributed by atoms with Crippen molar-refractivity contribution in [2.24, 2.45) is 0 Å². The molecule has 0 amide bonds. The predicted molar refractivity (Wildman–Crippen MR) is 75.7 cm³/mol. The molecule has 16 heavy (non-hydrogen) atoms. The molecule has 0 radical (unpaired) electrons. The summed E-state index contributed by atoms with van der Waals surface area (Å²) in [5.74, 6) is 0. The van der Waals surface area contributed by atoms with Gasteiger partial charge < -0.3 is 0 Å². The van der Waals surface area contributed by atoms with Crippen LogP contribution in [0.4, 0.5) is 0 Å². The fraction of sp³-hybridized carbons (Fsp3) is 0.200. The number of hydrogen-bond acceptors (Lipinski definition) is 1. The lowest BCUT2D eigenvalue weighted by atomic mass is 10.0. The first-order valence-corrected chi connectivity index (χ1v) is 6.02. The van der Waals surface area contributed by atoms with Crippen LogP contribution in [0.2, 0.25) is 0 Å². The maximum Gasteiger partial charge on any atom is 0.0125 e. The minimum absolute atomic E-state index is 1.02. The van der Waals surface area contributed by atoms with Crippen molar-refractivity contribution < 1.29 is 0 Å². The van der Waals surface area contributed by atoms with Crippen molar-refractivity contribution in [2.75, 3.05) is 0 Å². The van der Waals surface area contributed by atoms with Crippen LogP contribution in [-0.2, 0) is 0 Å². The Morgan fingerprint density at radius 3 is 2.19 bits per heavy atom. The van der Waals surface area contributed by atoms with Crippen molar-refractivity contribution in [3.8, 4) is 0 Å². The normalized spacial score (nSPS) is 9.94. The Bertz CT molecular complexity index is 453. The summed E-state index contributed by atoms with van der Waals surface area (Å²) in [5, 5.41) is 0. The standard InChI is InChI=1S/C15H18S/c1-10(2)13(6)16-14-7-8-15(11(3)4)12(5)9-14/h7-9H,1,3,6H2,2,4-5H3. The molecule has 1 heteroatoms. The lowest BCUT2D eigenvalue weighted by Gasteiger charge is -2.09. The van der Waals surface area contributed by atoms with Crippen LogP contribution >= 0.6 is 11.8 Å². The van der Waals surface area contributed by atoms with Crippen LogP contribution in [0.3, 0.4) is 0 Å². The predicted octanol–water partition coefficient (Wildman–Crippen LogP) is 5.21. The Kier molecular flexibility index (Phi) is 4.19. The van der Waals surface area contributed by atoms with E-state index in [1.54, 1.807) is 11.8 Å². The number of hydrogen-bond donors (Lipinski definition) is 0. The molecule has 0 aliphatic carbocycles. The fourth-order valence-corrected chi connectivity index (χ4v) is 2.24. The highest BCUT2D eigenvalue weighted by atomic mass is 32.2. The van der Waals surface area contributed by atoms with Crippen molar-refractivity contribution in [1.29, 1.82) is 0 Å². The fourth-order valence-electron chi connectivity index (χ4n) is 1.41. The van der Waals surface area contributed by atoms with E-state index < -0.39 is 0 Å². The molecule has 0 aliphatic heterocycles. The van der Waals surface area contributed by atoms with E-state index in [4.69, 9.17) is 0 Å². The average Bonchev–Trinajstić information content (AvgIpc) is 2.16. The summed E-state index contributed by atoms with van der Waals surface area (Å²) >= 11 is 1.66. The molecule has 0 saturated carbocycles. The molecule has 0 heterocycles. The van der Waals surface area contributed by atoms with Gasteiger partial charge in [-0.2, -0.15) is 0 Å². The highest BCUT2D eigenvalue weighted by molar-refractivity contribution is 8.03. The zero-order valence-electron chi connectivity index (χ0n) is 10.3. The maximum atomic E-state index is 3.98. The van der Waals surface area contributed by atoms with Gasteiger partial charge in [-0.25, -0.2) is 0 Å². The van der Waals surface area contributed by atoms with Crippen molar-refractivity contribution in [2.45, 2.75) is 25.7 Å². The van der Waals surface area contributed by atoms with Crippen LogP contribution < -0.4 is 0 Å². The zero-order valence-corrected chi connectivity index (χ0v) is 11.1. The molecule has 1 aromatic carbocycles. The number of rotatable bonds is 4. The average molecular weight is 230 g/mol. The zero-order chi connectivity index (χ0) is 12.3. The first-order valence-electron chi connectivity index (χ1n) is 5.21. The van der Waals surface area contributed by atoms with Crippen molar-refractivity contribution in [1.82, 2.24) is 0 Å². The summed E-state index contributed by atoms with van der Waals surface area (Å²) in [4.78, 5) is 2.22. The first-order chi connectivity index (χ1) is 7.41. The van der Waals surface area contributed by atoms with E-state index >= 15 is 0 Å². The van der Waals surface area contributed by atoms with Crippen LogP contribution in [0.1, 0.15) is 25.0 Å². The van der Waals surface area contributed by atoms with Gasteiger partial charge in [-0.1, -0.05) is 43.1 Å². The molecule has 1 rings (SSSR count). The Balaban J connectivity index is 2.94. The van der Waals surface area contributed by atoms with E-state index in [1.807, 2.05) is 13.8 Å². The molecule has 0 spiro atoms. The molecular formula is C15H18S. The van der Waals surface area contributed by atoms with E-state index in [1.165, 1.54) is 16.0 Å². The molecule has 0 N–H and O–H groups in total. The van der Waals surface area contributed by atoms with E-state index in [-0.39, 0.29) is 0 Å². The lowest BCUT2D eigenvalue weighted by molar-refractivity contribution is 1.33. The molecule has 0 aromatic heterocycles. The smallest absolute Gasteiger partial charge is 0.0125 e. The molecule has 0 bridgehead atoms. The van der Waals surface area contributed by atoms with Crippen LogP contribution in [0.25, 0.3) is 5.57 Å². The van der Waals surface area contributed by atoms with Gasteiger partial charge in [-0.15, -0.1) is 0 Å². The second-order valence-corrected chi connectivity index (χ2v) is 5.23. The van der Waals surface area contributed by atoms with Crippen LogP contribution in [-0.4, -0.2) is 0 Å². The van der Waals surface area contributed by atoms with E-state index in [2.05, 4.69) is 44.9 Å². The summed E-state index contributed by atoms with van der Waals surface area (Å²) in [5.41, 5.74) is 4.61. The number of allylic oxidation sites excluding steroid dienone is 2. The molecule has 0 unspecified atom stereocenters. The van der Waals surface area contributed by atoms with Gasteiger partial charge >= 0.3 is 0 Å². The Labute approximate surface area is 103 Å². The first kappa shape index (κ1) is 12.9. The van der Waals surface area contributed by atoms with Gasteiger partial charge in [0.05, 0.1) is 0 Å². The molecule has 0 fully saturated rings. The van der Waals surface area contributed by atoms with Gasteiger partial charge in [0.25, 0.3) is 0 Å². The van der Waals surface area contributed by atoms with Gasteiger partial charge in [0, 0.05) is 9.80 Å². The minimum atomic E-state index is 1.02. The highest BCUT2D eigenvalue weighted by Gasteiger charge is 2.03. The minimum Gasteiger partial charge on any atom is -0.0955 e. The Morgan fingerprint density at radius 1 is 1.12 bits per heavy atom. The molecular weight excluding hydrogens is 212 g/mol. The van der Waals surface area contributed by atoms with Crippen molar-refractivity contribution in [3.05, 3.63) is 59.5 Å². The quantitative estimate of drug-likeness (QED) is 0.505. The lowest BCUT2D eigenvalue weighted by Crippen LogP contribution is -1.86. The van der Waals surface area contributed by atoms with Crippen LogP contribution in [0.15, 0.2) is 53.3 Å². The van der Waals surface area contributed by atoms with Gasteiger partial charge in [-0.3, -0.25) is 0 Å². The van der Waals surface area contributed by atoms with Crippen molar-refractivity contribution in [3.63, 3.8) is 0 Å². The van der Waals surface area contributed by atoms with Gasteiger partial charge in [0.1, 0.15) is 0 Å². The van der Waals surface area contributed by atoms with Gasteiger partial charge in [-0.05, 0) is 49.6 Å². The third-order valence-corrected chi connectivity index (χ3v) is 3.46. The number of benzene rings is 1.